The molecule has 0 atom stereocenters. The number of halogens is 2. The van der Waals surface area contributed by atoms with Crippen molar-refractivity contribution in [3.8, 4) is 0 Å². The zero-order chi connectivity index (χ0) is 14.9. The Morgan fingerprint density at radius 2 is 1.38 bits per heavy atom. The maximum absolute atomic E-state index is 13.6. The SMILES string of the molecule is Fc1cc(NC2CCCCCCCCCCC2)ccc1Br. The zero-order valence-corrected chi connectivity index (χ0v) is 14.4. The van der Waals surface area contributed by atoms with Gasteiger partial charge in [-0.2, -0.15) is 0 Å². The number of benzene rings is 1. The van der Waals surface area contributed by atoms with E-state index in [9.17, 15) is 4.39 Å². The average molecular weight is 356 g/mol. The van der Waals surface area contributed by atoms with E-state index in [1.807, 2.05) is 6.07 Å². The molecule has 0 amide bonds. The lowest BCUT2D eigenvalue weighted by Crippen LogP contribution is -2.19. The van der Waals surface area contributed by atoms with Crippen molar-refractivity contribution in [1.29, 1.82) is 0 Å². The molecule has 1 aromatic rings. The third-order valence-electron chi connectivity index (χ3n) is 4.40. The minimum absolute atomic E-state index is 0.187. The number of hydrogen-bond donors (Lipinski definition) is 1. The number of rotatable bonds is 2. The van der Waals surface area contributed by atoms with Crippen LogP contribution in [0.25, 0.3) is 0 Å². The Hall–Kier alpha value is -0.570. The predicted molar refractivity (Wildman–Crippen MR) is 92.3 cm³/mol. The van der Waals surface area contributed by atoms with Gasteiger partial charge < -0.3 is 5.32 Å². The Kier molecular flexibility index (Phi) is 7.56. The minimum Gasteiger partial charge on any atom is -0.382 e. The van der Waals surface area contributed by atoms with E-state index in [2.05, 4.69) is 21.2 Å². The smallest absolute Gasteiger partial charge is 0.139 e. The molecule has 0 spiro atoms. The van der Waals surface area contributed by atoms with Crippen LogP contribution in [0.4, 0.5) is 10.1 Å². The van der Waals surface area contributed by atoms with Crippen molar-refractivity contribution >= 4 is 21.6 Å². The van der Waals surface area contributed by atoms with Gasteiger partial charge in [-0.15, -0.1) is 0 Å². The van der Waals surface area contributed by atoms with Crippen molar-refractivity contribution in [3.05, 3.63) is 28.5 Å². The molecule has 0 radical (unpaired) electrons. The molecule has 0 unspecified atom stereocenters. The summed E-state index contributed by atoms with van der Waals surface area (Å²) >= 11 is 3.21. The lowest BCUT2D eigenvalue weighted by atomic mass is 9.98. The second-order valence-electron chi connectivity index (χ2n) is 6.23. The summed E-state index contributed by atoms with van der Waals surface area (Å²) in [5, 5.41) is 3.54. The van der Waals surface area contributed by atoms with Gasteiger partial charge in [-0.1, -0.05) is 57.8 Å². The van der Waals surface area contributed by atoms with Crippen LogP contribution in [0.3, 0.4) is 0 Å². The van der Waals surface area contributed by atoms with Crippen LogP contribution in [0.5, 0.6) is 0 Å². The Bertz CT molecular complexity index is 410. The first kappa shape index (κ1) is 16.8. The molecule has 0 bridgehead atoms. The lowest BCUT2D eigenvalue weighted by molar-refractivity contribution is 0.480. The summed E-state index contributed by atoms with van der Waals surface area (Å²) in [5.74, 6) is -0.187. The quantitative estimate of drug-likeness (QED) is 0.624. The summed E-state index contributed by atoms with van der Waals surface area (Å²) in [7, 11) is 0. The van der Waals surface area contributed by atoms with Gasteiger partial charge in [-0.05, 0) is 47.0 Å². The van der Waals surface area contributed by atoms with Gasteiger partial charge in [0.15, 0.2) is 0 Å². The molecule has 1 aliphatic rings. The van der Waals surface area contributed by atoms with Crippen molar-refractivity contribution in [2.75, 3.05) is 5.32 Å². The molecule has 0 aliphatic heterocycles. The molecular weight excluding hydrogens is 329 g/mol. The highest BCUT2D eigenvalue weighted by Crippen LogP contribution is 2.23. The molecule has 2 rings (SSSR count). The average Bonchev–Trinajstić information content (AvgIpc) is 2.46. The fraction of sp³-hybridized carbons (Fsp3) is 0.667. The van der Waals surface area contributed by atoms with E-state index >= 15 is 0 Å². The van der Waals surface area contributed by atoms with Gasteiger partial charge in [0.25, 0.3) is 0 Å². The number of anilines is 1. The molecule has 3 heteroatoms. The summed E-state index contributed by atoms with van der Waals surface area (Å²) in [6.07, 6.45) is 14.6. The molecule has 0 saturated heterocycles. The fourth-order valence-corrected chi connectivity index (χ4v) is 3.38. The van der Waals surface area contributed by atoms with Crippen molar-refractivity contribution in [2.24, 2.45) is 0 Å². The summed E-state index contributed by atoms with van der Waals surface area (Å²) in [6.45, 7) is 0. The maximum atomic E-state index is 13.6. The van der Waals surface area contributed by atoms with E-state index in [0.29, 0.717) is 10.5 Å². The summed E-state index contributed by atoms with van der Waals surface area (Å²) in [6, 6.07) is 5.83. The zero-order valence-electron chi connectivity index (χ0n) is 12.8. The molecule has 0 aromatic heterocycles. The standard InChI is InChI=1S/C18H27BrFN/c19-17-13-12-16(14-18(17)20)21-15-10-8-6-4-2-1-3-5-7-9-11-15/h12-15,21H,1-11H2. The Morgan fingerprint density at radius 3 is 1.90 bits per heavy atom. The molecule has 1 nitrogen and oxygen atoms in total. The molecule has 1 saturated carbocycles. The van der Waals surface area contributed by atoms with Crippen LogP contribution in [0.1, 0.15) is 70.6 Å². The molecule has 1 aromatic carbocycles. The first-order chi connectivity index (χ1) is 10.3. The van der Waals surface area contributed by atoms with E-state index in [4.69, 9.17) is 0 Å². The first-order valence-corrected chi connectivity index (χ1v) is 9.26. The second kappa shape index (κ2) is 9.45. The molecule has 1 N–H and O–H groups in total. The summed E-state index contributed by atoms with van der Waals surface area (Å²) in [4.78, 5) is 0. The van der Waals surface area contributed by atoms with E-state index in [0.717, 1.165) is 5.69 Å². The minimum atomic E-state index is -0.187. The van der Waals surface area contributed by atoms with Crippen LogP contribution in [-0.4, -0.2) is 6.04 Å². The van der Waals surface area contributed by atoms with Gasteiger partial charge in [-0.25, -0.2) is 4.39 Å². The first-order valence-electron chi connectivity index (χ1n) is 8.47. The van der Waals surface area contributed by atoms with Gasteiger partial charge in [0, 0.05) is 11.7 Å². The second-order valence-corrected chi connectivity index (χ2v) is 7.08. The van der Waals surface area contributed by atoms with Crippen LogP contribution in [-0.2, 0) is 0 Å². The lowest BCUT2D eigenvalue weighted by Gasteiger charge is -2.21. The number of nitrogens with one attached hydrogen (secondary N) is 1. The topological polar surface area (TPSA) is 12.0 Å². The van der Waals surface area contributed by atoms with E-state index in [1.54, 1.807) is 12.1 Å². The maximum Gasteiger partial charge on any atom is 0.139 e. The van der Waals surface area contributed by atoms with Crippen molar-refractivity contribution in [3.63, 3.8) is 0 Å². The van der Waals surface area contributed by atoms with E-state index in [1.165, 1.54) is 70.6 Å². The summed E-state index contributed by atoms with van der Waals surface area (Å²) < 4.78 is 14.1. The Balaban J connectivity index is 1.88. The molecule has 21 heavy (non-hydrogen) atoms. The molecular formula is C18H27BrFN. The largest absolute Gasteiger partial charge is 0.382 e. The van der Waals surface area contributed by atoms with Crippen molar-refractivity contribution in [2.45, 2.75) is 76.7 Å². The van der Waals surface area contributed by atoms with Crippen LogP contribution >= 0.6 is 15.9 Å². The molecule has 118 valence electrons. The van der Waals surface area contributed by atoms with Crippen LogP contribution < -0.4 is 5.32 Å². The highest BCUT2D eigenvalue weighted by molar-refractivity contribution is 9.10. The van der Waals surface area contributed by atoms with E-state index < -0.39 is 0 Å². The number of hydrogen-bond acceptors (Lipinski definition) is 1. The van der Waals surface area contributed by atoms with Gasteiger partial charge in [0.1, 0.15) is 5.82 Å². The molecule has 0 heterocycles. The monoisotopic (exact) mass is 355 g/mol. The fourth-order valence-electron chi connectivity index (χ4n) is 3.13. The predicted octanol–water partition coefficient (Wildman–Crippen LogP) is 6.67. The van der Waals surface area contributed by atoms with Gasteiger partial charge in [-0.3, -0.25) is 0 Å². The van der Waals surface area contributed by atoms with Gasteiger partial charge in [0.05, 0.1) is 4.47 Å². The van der Waals surface area contributed by atoms with Gasteiger partial charge in [0.2, 0.25) is 0 Å². The van der Waals surface area contributed by atoms with Crippen molar-refractivity contribution in [1.82, 2.24) is 0 Å². The van der Waals surface area contributed by atoms with Crippen molar-refractivity contribution < 1.29 is 4.39 Å². The van der Waals surface area contributed by atoms with Crippen LogP contribution in [0.2, 0.25) is 0 Å². The summed E-state index contributed by atoms with van der Waals surface area (Å²) in [5.41, 5.74) is 0.910. The third-order valence-corrected chi connectivity index (χ3v) is 5.04. The van der Waals surface area contributed by atoms with Gasteiger partial charge >= 0.3 is 0 Å². The molecule has 1 fully saturated rings. The Labute approximate surface area is 136 Å². The highest BCUT2D eigenvalue weighted by atomic mass is 79.9. The Morgan fingerprint density at radius 1 is 0.857 bits per heavy atom. The third kappa shape index (κ3) is 6.37. The van der Waals surface area contributed by atoms with Crippen LogP contribution in [0, 0.1) is 5.82 Å². The molecule has 1 aliphatic carbocycles. The normalized spacial score (nSPS) is 19.5. The van der Waals surface area contributed by atoms with E-state index in [-0.39, 0.29) is 5.82 Å². The van der Waals surface area contributed by atoms with Crippen LogP contribution in [0.15, 0.2) is 22.7 Å². The highest BCUT2D eigenvalue weighted by Gasteiger charge is 2.10.